The number of aromatic nitrogens is 2. The Kier molecular flexibility index (Phi) is 5.72. The van der Waals surface area contributed by atoms with Gasteiger partial charge in [0.25, 0.3) is 5.91 Å². The molecule has 0 bridgehead atoms. The van der Waals surface area contributed by atoms with E-state index in [1.807, 2.05) is 31.3 Å². The fourth-order valence-corrected chi connectivity index (χ4v) is 4.21. The van der Waals surface area contributed by atoms with Gasteiger partial charge in [-0.2, -0.15) is 5.10 Å². The van der Waals surface area contributed by atoms with E-state index in [-0.39, 0.29) is 11.9 Å². The molecular formula is C23H28N4O. The Morgan fingerprint density at radius 1 is 1.07 bits per heavy atom. The van der Waals surface area contributed by atoms with E-state index in [1.165, 1.54) is 31.2 Å². The molecule has 3 heterocycles. The lowest BCUT2D eigenvalue weighted by Crippen LogP contribution is -2.38. The van der Waals surface area contributed by atoms with Crippen LogP contribution in [0.15, 0.2) is 54.9 Å². The average Bonchev–Trinajstić information content (AvgIpc) is 2.99. The third kappa shape index (κ3) is 3.94. The molecule has 0 saturated carbocycles. The predicted octanol–water partition coefficient (Wildman–Crippen LogP) is 3.99. The molecule has 4 rings (SSSR count). The molecule has 1 aromatic carbocycles. The van der Waals surface area contributed by atoms with Crippen molar-refractivity contribution in [2.24, 2.45) is 0 Å². The summed E-state index contributed by atoms with van der Waals surface area (Å²) in [7, 11) is 0. The SMILES string of the molecule is Cc1cccn2ncc(C(=O)NCC(c3ccccc3)N3CCCCCC3)c12. The summed E-state index contributed by atoms with van der Waals surface area (Å²) in [6.07, 6.45) is 8.59. The van der Waals surface area contributed by atoms with Gasteiger partial charge in [-0.1, -0.05) is 49.2 Å². The third-order valence-electron chi connectivity index (χ3n) is 5.71. The van der Waals surface area contributed by atoms with Gasteiger partial charge in [-0.15, -0.1) is 0 Å². The molecule has 28 heavy (non-hydrogen) atoms. The second kappa shape index (κ2) is 8.57. The molecule has 5 heteroatoms. The molecule has 1 aliphatic heterocycles. The minimum Gasteiger partial charge on any atom is -0.350 e. The van der Waals surface area contributed by atoms with Crippen LogP contribution in [0.25, 0.3) is 5.52 Å². The standard InChI is InChI=1S/C23H28N4O/c1-18-10-9-15-27-22(18)20(16-25-27)23(28)24-17-21(19-11-5-4-6-12-19)26-13-7-2-3-8-14-26/h4-6,9-12,15-16,21H,2-3,7-8,13-14,17H2,1H3,(H,24,28). The fourth-order valence-electron chi connectivity index (χ4n) is 4.21. The molecule has 3 aromatic rings. The van der Waals surface area contributed by atoms with Crippen molar-refractivity contribution in [2.45, 2.75) is 38.6 Å². The number of carbonyl (C=O) groups excluding carboxylic acids is 1. The quantitative estimate of drug-likeness (QED) is 0.732. The number of hydrogen-bond acceptors (Lipinski definition) is 3. The van der Waals surface area contributed by atoms with Gasteiger partial charge in [-0.25, -0.2) is 4.52 Å². The number of benzene rings is 1. The Morgan fingerprint density at radius 3 is 2.57 bits per heavy atom. The summed E-state index contributed by atoms with van der Waals surface area (Å²) in [4.78, 5) is 15.5. The second-order valence-electron chi connectivity index (χ2n) is 7.63. The molecule has 1 amide bonds. The summed E-state index contributed by atoms with van der Waals surface area (Å²) in [5.74, 6) is -0.0555. The molecule has 146 valence electrons. The van der Waals surface area contributed by atoms with Crippen molar-refractivity contribution >= 4 is 11.4 Å². The van der Waals surface area contributed by atoms with Crippen molar-refractivity contribution in [3.8, 4) is 0 Å². The predicted molar refractivity (Wildman–Crippen MR) is 111 cm³/mol. The second-order valence-corrected chi connectivity index (χ2v) is 7.63. The van der Waals surface area contributed by atoms with Gasteiger partial charge in [-0.05, 0) is 50.0 Å². The highest BCUT2D eigenvalue weighted by Crippen LogP contribution is 2.24. The van der Waals surface area contributed by atoms with E-state index in [0.717, 1.165) is 24.2 Å². The highest BCUT2D eigenvalue weighted by atomic mass is 16.1. The molecule has 1 aliphatic rings. The first-order valence-corrected chi connectivity index (χ1v) is 10.2. The highest BCUT2D eigenvalue weighted by molar-refractivity contribution is 6.01. The first-order valence-electron chi connectivity index (χ1n) is 10.2. The van der Waals surface area contributed by atoms with Crippen LogP contribution in [0.1, 0.15) is 53.2 Å². The monoisotopic (exact) mass is 376 g/mol. The Morgan fingerprint density at radius 2 is 1.82 bits per heavy atom. The summed E-state index contributed by atoms with van der Waals surface area (Å²) in [5, 5.41) is 7.52. The number of likely N-dealkylation sites (tertiary alicyclic amines) is 1. The van der Waals surface area contributed by atoms with Crippen molar-refractivity contribution < 1.29 is 4.79 Å². The van der Waals surface area contributed by atoms with Crippen LogP contribution < -0.4 is 5.32 Å². The maximum absolute atomic E-state index is 13.0. The van der Waals surface area contributed by atoms with Gasteiger partial charge in [0, 0.05) is 12.7 Å². The highest BCUT2D eigenvalue weighted by Gasteiger charge is 2.23. The smallest absolute Gasteiger partial charge is 0.255 e. The molecule has 0 radical (unpaired) electrons. The Balaban J connectivity index is 1.54. The van der Waals surface area contributed by atoms with Crippen molar-refractivity contribution in [3.05, 3.63) is 71.5 Å². The van der Waals surface area contributed by atoms with Gasteiger partial charge in [-0.3, -0.25) is 9.69 Å². The molecule has 0 spiro atoms. The van der Waals surface area contributed by atoms with Crippen LogP contribution in [-0.2, 0) is 0 Å². The van der Waals surface area contributed by atoms with Gasteiger partial charge >= 0.3 is 0 Å². The summed E-state index contributed by atoms with van der Waals surface area (Å²) < 4.78 is 1.77. The van der Waals surface area contributed by atoms with Crippen molar-refractivity contribution in [1.29, 1.82) is 0 Å². The molecule has 1 fully saturated rings. The molecule has 1 N–H and O–H groups in total. The molecule has 0 aliphatic carbocycles. The number of rotatable bonds is 5. The lowest BCUT2D eigenvalue weighted by atomic mass is 10.0. The summed E-state index contributed by atoms with van der Waals surface area (Å²) in [5.41, 5.74) is 3.84. The number of hydrogen-bond donors (Lipinski definition) is 1. The van der Waals surface area contributed by atoms with E-state index in [4.69, 9.17) is 0 Å². The Hall–Kier alpha value is -2.66. The molecule has 1 atom stereocenters. The lowest BCUT2D eigenvalue weighted by molar-refractivity contribution is 0.0934. The van der Waals surface area contributed by atoms with E-state index in [0.29, 0.717) is 12.1 Å². The number of pyridine rings is 1. The van der Waals surface area contributed by atoms with Crippen molar-refractivity contribution in [3.63, 3.8) is 0 Å². The zero-order valence-electron chi connectivity index (χ0n) is 16.5. The number of nitrogens with zero attached hydrogens (tertiary/aromatic N) is 3. The van der Waals surface area contributed by atoms with Crippen LogP contribution in [0.3, 0.4) is 0 Å². The zero-order valence-corrected chi connectivity index (χ0v) is 16.5. The van der Waals surface area contributed by atoms with E-state index in [2.05, 4.69) is 39.6 Å². The van der Waals surface area contributed by atoms with E-state index in [9.17, 15) is 4.79 Å². The molecule has 1 unspecified atom stereocenters. The molecule has 1 saturated heterocycles. The normalized spacial score (nSPS) is 16.6. The first kappa shape index (κ1) is 18.7. The molecule has 2 aromatic heterocycles. The first-order chi connectivity index (χ1) is 13.7. The molecule has 5 nitrogen and oxygen atoms in total. The van der Waals surface area contributed by atoms with Crippen LogP contribution in [0.4, 0.5) is 0 Å². The van der Waals surface area contributed by atoms with Crippen LogP contribution >= 0.6 is 0 Å². The van der Waals surface area contributed by atoms with E-state index in [1.54, 1.807) is 10.7 Å². The number of carbonyl (C=O) groups is 1. The number of aryl methyl sites for hydroxylation is 1. The zero-order chi connectivity index (χ0) is 19.3. The minimum atomic E-state index is -0.0555. The number of amides is 1. The molecular weight excluding hydrogens is 348 g/mol. The minimum absolute atomic E-state index is 0.0555. The maximum Gasteiger partial charge on any atom is 0.255 e. The van der Waals surface area contributed by atoms with E-state index >= 15 is 0 Å². The topological polar surface area (TPSA) is 49.6 Å². The van der Waals surface area contributed by atoms with Gasteiger partial charge in [0.1, 0.15) is 0 Å². The van der Waals surface area contributed by atoms with Gasteiger partial charge < -0.3 is 5.32 Å². The third-order valence-corrected chi connectivity index (χ3v) is 5.71. The van der Waals surface area contributed by atoms with Gasteiger partial charge in [0.15, 0.2) is 0 Å². The fraction of sp³-hybridized carbons (Fsp3) is 0.391. The number of fused-ring (bicyclic) bond motifs is 1. The largest absolute Gasteiger partial charge is 0.350 e. The lowest BCUT2D eigenvalue weighted by Gasteiger charge is -2.31. The van der Waals surface area contributed by atoms with E-state index < -0.39 is 0 Å². The summed E-state index contributed by atoms with van der Waals surface area (Å²) in [6, 6.07) is 14.7. The maximum atomic E-state index is 13.0. The van der Waals surface area contributed by atoms with Gasteiger partial charge in [0.05, 0.1) is 23.3 Å². The average molecular weight is 377 g/mol. The summed E-state index contributed by atoms with van der Waals surface area (Å²) in [6.45, 7) is 4.79. The van der Waals surface area contributed by atoms with Gasteiger partial charge in [0.2, 0.25) is 0 Å². The van der Waals surface area contributed by atoms with Crippen LogP contribution in [0, 0.1) is 6.92 Å². The Labute approximate surface area is 166 Å². The van der Waals surface area contributed by atoms with Crippen LogP contribution in [0.5, 0.6) is 0 Å². The van der Waals surface area contributed by atoms with Crippen LogP contribution in [-0.4, -0.2) is 40.1 Å². The summed E-state index contributed by atoms with van der Waals surface area (Å²) >= 11 is 0. The van der Waals surface area contributed by atoms with Crippen molar-refractivity contribution in [1.82, 2.24) is 19.8 Å². The Bertz CT molecular complexity index is 926. The number of nitrogens with one attached hydrogen (secondary N) is 1. The van der Waals surface area contributed by atoms with Crippen molar-refractivity contribution in [2.75, 3.05) is 19.6 Å². The van der Waals surface area contributed by atoms with Crippen LogP contribution in [0.2, 0.25) is 0 Å².